The number of ether oxygens (including phenoxy) is 1. The summed E-state index contributed by atoms with van der Waals surface area (Å²) in [6.45, 7) is 1.98. The number of aromatic nitrogens is 2. The summed E-state index contributed by atoms with van der Waals surface area (Å²) in [5.74, 6) is -0.283. The van der Waals surface area contributed by atoms with E-state index in [9.17, 15) is 9.59 Å². The van der Waals surface area contributed by atoms with Gasteiger partial charge in [-0.1, -0.05) is 18.2 Å². The molecule has 0 saturated heterocycles. The number of hydrogen-bond acceptors (Lipinski definition) is 5. The van der Waals surface area contributed by atoms with E-state index in [1.807, 2.05) is 0 Å². The lowest BCUT2D eigenvalue weighted by atomic mass is 10.0. The van der Waals surface area contributed by atoms with E-state index in [-0.39, 0.29) is 12.4 Å². The Morgan fingerprint density at radius 3 is 2.74 bits per heavy atom. The molecule has 0 radical (unpaired) electrons. The average molecular weight is 309 g/mol. The standard InChI is InChI=1S/C17H15N3O3/c1-2-23-17(22)20-10-13(11-5-3-4-6-15(11)20)16(21)12-9-19-8-7-14(12)18/h3-10H,2H2,1H3,(H2,18,19). The molecule has 0 amide bonds. The van der Waals surface area contributed by atoms with Crippen molar-refractivity contribution in [2.24, 2.45) is 0 Å². The number of rotatable bonds is 3. The number of carbonyl (C=O) groups excluding carboxylic acids is 2. The number of nitrogens with zero attached hydrogens (tertiary/aromatic N) is 2. The van der Waals surface area contributed by atoms with Gasteiger partial charge in [0.15, 0.2) is 5.78 Å². The summed E-state index contributed by atoms with van der Waals surface area (Å²) in [6.07, 6.45) is 3.90. The molecule has 0 aliphatic rings. The number of anilines is 1. The smallest absolute Gasteiger partial charge is 0.418 e. The summed E-state index contributed by atoms with van der Waals surface area (Å²) >= 11 is 0. The highest BCUT2D eigenvalue weighted by molar-refractivity contribution is 6.19. The number of nitrogen functional groups attached to an aromatic ring is 1. The van der Waals surface area contributed by atoms with Crippen LogP contribution in [0.1, 0.15) is 22.8 Å². The molecule has 23 heavy (non-hydrogen) atoms. The van der Waals surface area contributed by atoms with Crippen LogP contribution in [0.25, 0.3) is 10.9 Å². The van der Waals surface area contributed by atoms with Gasteiger partial charge in [-0.2, -0.15) is 0 Å². The van der Waals surface area contributed by atoms with Gasteiger partial charge < -0.3 is 10.5 Å². The van der Waals surface area contributed by atoms with Crippen LogP contribution in [0.4, 0.5) is 10.5 Å². The Kier molecular flexibility index (Phi) is 3.80. The molecule has 2 aromatic heterocycles. The summed E-state index contributed by atoms with van der Waals surface area (Å²) in [4.78, 5) is 28.8. The number of para-hydroxylation sites is 1. The molecule has 2 N–H and O–H groups in total. The normalized spacial score (nSPS) is 10.7. The fourth-order valence-electron chi connectivity index (χ4n) is 2.44. The molecule has 1 aromatic carbocycles. The Morgan fingerprint density at radius 2 is 2.00 bits per heavy atom. The summed E-state index contributed by atoms with van der Waals surface area (Å²) in [5, 5.41) is 0.661. The molecular formula is C17H15N3O3. The van der Waals surface area contributed by atoms with Crippen LogP contribution in [0.5, 0.6) is 0 Å². The van der Waals surface area contributed by atoms with Gasteiger partial charge in [-0.15, -0.1) is 0 Å². The van der Waals surface area contributed by atoms with Gasteiger partial charge in [-0.25, -0.2) is 4.79 Å². The lowest BCUT2D eigenvalue weighted by molar-refractivity contribution is 0.104. The number of carbonyl (C=O) groups is 2. The quantitative estimate of drug-likeness (QED) is 0.752. The third-order valence-corrected chi connectivity index (χ3v) is 3.52. The van der Waals surface area contributed by atoms with Gasteiger partial charge in [-0.05, 0) is 19.1 Å². The van der Waals surface area contributed by atoms with Gasteiger partial charge in [0.25, 0.3) is 0 Å². The first-order chi connectivity index (χ1) is 11.1. The molecule has 0 saturated carbocycles. The number of nitrogens with two attached hydrogens (primary N) is 1. The van der Waals surface area contributed by atoms with Crippen LogP contribution >= 0.6 is 0 Å². The van der Waals surface area contributed by atoms with Gasteiger partial charge in [0.1, 0.15) is 0 Å². The van der Waals surface area contributed by atoms with Crippen molar-refractivity contribution in [1.29, 1.82) is 0 Å². The van der Waals surface area contributed by atoms with E-state index in [1.165, 1.54) is 23.2 Å². The molecular weight excluding hydrogens is 294 g/mol. The second-order valence-corrected chi connectivity index (χ2v) is 4.92. The van der Waals surface area contributed by atoms with Crippen LogP contribution in [-0.2, 0) is 4.74 Å². The second-order valence-electron chi connectivity index (χ2n) is 4.92. The Hall–Kier alpha value is -3.15. The highest BCUT2D eigenvalue weighted by Crippen LogP contribution is 2.25. The van der Waals surface area contributed by atoms with Crippen molar-refractivity contribution >= 4 is 28.5 Å². The minimum absolute atomic E-state index is 0.254. The van der Waals surface area contributed by atoms with E-state index < -0.39 is 6.09 Å². The maximum absolute atomic E-state index is 12.8. The molecule has 6 heteroatoms. The van der Waals surface area contributed by atoms with E-state index in [4.69, 9.17) is 10.5 Å². The summed E-state index contributed by atoms with van der Waals surface area (Å²) < 4.78 is 6.37. The van der Waals surface area contributed by atoms with Crippen LogP contribution in [-0.4, -0.2) is 28.0 Å². The van der Waals surface area contributed by atoms with Gasteiger partial charge in [0.05, 0.1) is 17.7 Å². The predicted molar refractivity (Wildman–Crippen MR) is 86.4 cm³/mol. The maximum Gasteiger partial charge on any atom is 0.418 e. The number of pyridine rings is 1. The summed E-state index contributed by atoms with van der Waals surface area (Å²) in [6, 6.07) is 8.71. The fraction of sp³-hybridized carbons (Fsp3) is 0.118. The van der Waals surface area contributed by atoms with E-state index in [0.29, 0.717) is 27.7 Å². The van der Waals surface area contributed by atoms with Gasteiger partial charge in [0.2, 0.25) is 0 Å². The average Bonchev–Trinajstić information content (AvgIpc) is 2.95. The Morgan fingerprint density at radius 1 is 1.22 bits per heavy atom. The summed E-state index contributed by atoms with van der Waals surface area (Å²) in [7, 11) is 0. The third-order valence-electron chi connectivity index (χ3n) is 3.52. The van der Waals surface area contributed by atoms with Gasteiger partial charge in [-0.3, -0.25) is 14.3 Å². The molecule has 0 fully saturated rings. The summed E-state index contributed by atoms with van der Waals surface area (Å²) in [5.41, 5.74) is 7.50. The number of fused-ring (bicyclic) bond motifs is 1. The van der Waals surface area contributed by atoms with E-state index in [2.05, 4.69) is 4.98 Å². The molecule has 2 heterocycles. The first-order valence-electron chi connectivity index (χ1n) is 7.15. The van der Waals surface area contributed by atoms with Crippen molar-refractivity contribution in [3.8, 4) is 0 Å². The fourth-order valence-corrected chi connectivity index (χ4v) is 2.44. The molecule has 6 nitrogen and oxygen atoms in total. The van der Waals surface area contributed by atoms with Crippen LogP contribution < -0.4 is 5.73 Å². The van der Waals surface area contributed by atoms with Crippen molar-refractivity contribution in [2.45, 2.75) is 6.92 Å². The molecule has 0 aliphatic carbocycles. The van der Waals surface area contributed by atoms with Gasteiger partial charge in [0, 0.05) is 35.2 Å². The van der Waals surface area contributed by atoms with Crippen LogP contribution in [0.2, 0.25) is 0 Å². The molecule has 0 atom stereocenters. The minimum Gasteiger partial charge on any atom is -0.449 e. The van der Waals surface area contributed by atoms with E-state index >= 15 is 0 Å². The van der Waals surface area contributed by atoms with Crippen LogP contribution in [0.15, 0.2) is 48.9 Å². The molecule has 3 aromatic rings. The Bertz CT molecular complexity index is 899. The predicted octanol–water partition coefficient (Wildman–Crippen LogP) is 2.85. The lowest BCUT2D eigenvalue weighted by Crippen LogP contribution is -2.12. The highest BCUT2D eigenvalue weighted by atomic mass is 16.5. The number of benzene rings is 1. The SMILES string of the molecule is CCOC(=O)n1cc(C(=O)c2cnccc2N)c2ccccc21. The van der Waals surface area contributed by atoms with Crippen molar-refractivity contribution in [3.05, 3.63) is 60.0 Å². The molecule has 116 valence electrons. The third kappa shape index (κ3) is 2.55. The van der Waals surface area contributed by atoms with E-state index in [0.717, 1.165) is 0 Å². The second kappa shape index (κ2) is 5.92. The zero-order chi connectivity index (χ0) is 16.4. The first kappa shape index (κ1) is 14.8. The first-order valence-corrected chi connectivity index (χ1v) is 7.15. The zero-order valence-electron chi connectivity index (χ0n) is 12.5. The lowest BCUT2D eigenvalue weighted by Gasteiger charge is -2.03. The molecule has 0 unspecified atom stereocenters. The monoisotopic (exact) mass is 309 g/mol. The Balaban J connectivity index is 2.17. The number of ketones is 1. The van der Waals surface area contributed by atoms with Crippen molar-refractivity contribution in [3.63, 3.8) is 0 Å². The van der Waals surface area contributed by atoms with Crippen LogP contribution in [0.3, 0.4) is 0 Å². The van der Waals surface area contributed by atoms with Gasteiger partial charge >= 0.3 is 6.09 Å². The zero-order valence-corrected chi connectivity index (χ0v) is 12.5. The molecule has 3 rings (SSSR count). The molecule has 0 bridgehead atoms. The van der Waals surface area contributed by atoms with Crippen molar-refractivity contribution in [2.75, 3.05) is 12.3 Å². The highest BCUT2D eigenvalue weighted by Gasteiger charge is 2.21. The topological polar surface area (TPSA) is 87.2 Å². The Labute approximate surface area is 132 Å². The maximum atomic E-state index is 12.8. The largest absolute Gasteiger partial charge is 0.449 e. The molecule has 0 spiro atoms. The molecule has 0 aliphatic heterocycles. The van der Waals surface area contributed by atoms with E-state index in [1.54, 1.807) is 37.3 Å². The van der Waals surface area contributed by atoms with Crippen LogP contribution in [0, 0.1) is 0 Å². The van der Waals surface area contributed by atoms with Crippen molar-refractivity contribution < 1.29 is 14.3 Å². The van der Waals surface area contributed by atoms with Crippen molar-refractivity contribution in [1.82, 2.24) is 9.55 Å². The minimum atomic E-state index is -0.526. The number of hydrogen-bond donors (Lipinski definition) is 1.